The largest absolute Gasteiger partial charge is 0.493 e. The van der Waals surface area contributed by atoms with Gasteiger partial charge in [0.1, 0.15) is 6.54 Å². The summed E-state index contributed by atoms with van der Waals surface area (Å²) >= 11 is 0. The minimum atomic E-state index is -0.369. The van der Waals surface area contributed by atoms with Crippen LogP contribution in [0.3, 0.4) is 0 Å². The van der Waals surface area contributed by atoms with Gasteiger partial charge in [0.15, 0.2) is 11.5 Å². The van der Waals surface area contributed by atoms with E-state index in [1.165, 1.54) is 11.0 Å². The van der Waals surface area contributed by atoms with Crippen LogP contribution in [0.4, 0.5) is 0 Å². The molecule has 1 heterocycles. The van der Waals surface area contributed by atoms with Crippen LogP contribution in [0.5, 0.6) is 11.5 Å². The van der Waals surface area contributed by atoms with Gasteiger partial charge in [0.05, 0.1) is 19.9 Å². The zero-order chi connectivity index (χ0) is 19.8. The predicted molar refractivity (Wildman–Crippen MR) is 103 cm³/mol. The van der Waals surface area contributed by atoms with Crippen molar-refractivity contribution < 1.29 is 14.3 Å². The molecule has 0 aliphatic carbocycles. The second kappa shape index (κ2) is 9.26. The topological polar surface area (TPSA) is 104 Å². The maximum atomic E-state index is 12.0. The van der Waals surface area contributed by atoms with Gasteiger partial charge in [0.2, 0.25) is 5.82 Å². The Balaban J connectivity index is 1.57. The highest BCUT2D eigenvalue weighted by Crippen LogP contribution is 2.27. The lowest BCUT2D eigenvalue weighted by atomic mass is 10.2. The number of methoxy groups -OCH3 is 1. The highest BCUT2D eigenvalue weighted by molar-refractivity contribution is 5.83. The van der Waals surface area contributed by atoms with E-state index in [0.29, 0.717) is 23.9 Å². The van der Waals surface area contributed by atoms with Crippen LogP contribution in [-0.2, 0) is 11.3 Å². The van der Waals surface area contributed by atoms with Crippen molar-refractivity contribution >= 4 is 12.1 Å². The number of tetrazole rings is 1. The van der Waals surface area contributed by atoms with E-state index in [1.807, 2.05) is 43.3 Å². The molecule has 0 saturated heterocycles. The lowest BCUT2D eigenvalue weighted by molar-refractivity contribution is -0.122. The molecule has 144 valence electrons. The molecule has 0 aliphatic rings. The zero-order valence-electron chi connectivity index (χ0n) is 15.6. The summed E-state index contributed by atoms with van der Waals surface area (Å²) in [5, 5.41) is 16.0. The fraction of sp³-hybridized carbons (Fsp3) is 0.211. The molecule has 0 aliphatic heterocycles. The number of benzene rings is 2. The summed E-state index contributed by atoms with van der Waals surface area (Å²) in [5.74, 6) is 1.33. The smallest absolute Gasteiger partial charge is 0.263 e. The Kier molecular flexibility index (Phi) is 6.29. The number of nitrogens with zero attached hydrogens (tertiary/aromatic N) is 5. The third kappa shape index (κ3) is 4.91. The van der Waals surface area contributed by atoms with Crippen molar-refractivity contribution in [2.75, 3.05) is 13.7 Å². The van der Waals surface area contributed by atoms with Crippen molar-refractivity contribution in [3.63, 3.8) is 0 Å². The van der Waals surface area contributed by atoms with Crippen molar-refractivity contribution in [1.29, 1.82) is 0 Å². The zero-order valence-corrected chi connectivity index (χ0v) is 15.6. The Labute approximate surface area is 162 Å². The monoisotopic (exact) mass is 380 g/mol. The first-order valence-corrected chi connectivity index (χ1v) is 8.65. The van der Waals surface area contributed by atoms with E-state index in [9.17, 15) is 4.79 Å². The number of aromatic nitrogens is 4. The van der Waals surface area contributed by atoms with Gasteiger partial charge >= 0.3 is 0 Å². The Hall–Kier alpha value is -3.75. The van der Waals surface area contributed by atoms with E-state index in [0.717, 1.165) is 11.1 Å². The van der Waals surface area contributed by atoms with Crippen LogP contribution in [0.1, 0.15) is 12.5 Å². The first kappa shape index (κ1) is 19.0. The molecule has 1 aromatic heterocycles. The Morgan fingerprint density at radius 1 is 1.21 bits per heavy atom. The minimum Gasteiger partial charge on any atom is -0.493 e. The molecule has 9 heteroatoms. The average molecular weight is 380 g/mol. The Bertz CT molecular complexity index is 955. The normalized spacial score (nSPS) is 10.8. The quantitative estimate of drug-likeness (QED) is 0.473. The van der Waals surface area contributed by atoms with Crippen LogP contribution in [0.15, 0.2) is 53.6 Å². The summed E-state index contributed by atoms with van der Waals surface area (Å²) in [6.45, 7) is 2.31. The van der Waals surface area contributed by atoms with E-state index in [2.05, 4.69) is 25.9 Å². The number of hydrogen-bond donors (Lipinski definition) is 1. The van der Waals surface area contributed by atoms with E-state index in [4.69, 9.17) is 9.47 Å². The molecule has 0 spiro atoms. The third-order valence-electron chi connectivity index (χ3n) is 3.66. The van der Waals surface area contributed by atoms with E-state index in [-0.39, 0.29) is 12.5 Å². The first-order valence-electron chi connectivity index (χ1n) is 8.65. The molecular weight excluding hydrogens is 360 g/mol. The van der Waals surface area contributed by atoms with Crippen molar-refractivity contribution in [2.45, 2.75) is 13.5 Å². The SMILES string of the molecule is CCOc1cc(/C=N\NC(=O)Cn2nnc(-c3ccccc3)n2)ccc1OC. The number of nitrogens with one attached hydrogen (secondary N) is 1. The number of carbonyl (C=O) groups is 1. The number of rotatable bonds is 8. The lowest BCUT2D eigenvalue weighted by Gasteiger charge is -2.09. The molecule has 1 amide bonds. The third-order valence-corrected chi connectivity index (χ3v) is 3.66. The van der Waals surface area contributed by atoms with E-state index in [1.54, 1.807) is 19.2 Å². The molecule has 2 aromatic carbocycles. The van der Waals surface area contributed by atoms with Gasteiger partial charge in [-0.3, -0.25) is 4.79 Å². The first-order chi connectivity index (χ1) is 13.7. The molecule has 0 radical (unpaired) electrons. The summed E-state index contributed by atoms with van der Waals surface area (Å²) in [7, 11) is 1.58. The van der Waals surface area contributed by atoms with Crippen molar-refractivity contribution in [1.82, 2.24) is 25.6 Å². The maximum absolute atomic E-state index is 12.0. The fourth-order valence-electron chi connectivity index (χ4n) is 2.40. The van der Waals surface area contributed by atoms with E-state index < -0.39 is 0 Å². The van der Waals surface area contributed by atoms with Gasteiger partial charge in [-0.15, -0.1) is 10.2 Å². The van der Waals surface area contributed by atoms with Crippen molar-refractivity contribution in [2.24, 2.45) is 5.10 Å². The number of hydrazone groups is 1. The Morgan fingerprint density at radius 3 is 2.79 bits per heavy atom. The van der Waals surface area contributed by atoms with Crippen molar-refractivity contribution in [3.8, 4) is 22.9 Å². The van der Waals surface area contributed by atoms with Gasteiger partial charge in [0, 0.05) is 5.56 Å². The van der Waals surface area contributed by atoms with E-state index >= 15 is 0 Å². The van der Waals surface area contributed by atoms with Gasteiger partial charge in [0.25, 0.3) is 5.91 Å². The summed E-state index contributed by atoms with van der Waals surface area (Å²) in [6.07, 6.45) is 1.52. The molecule has 0 atom stereocenters. The number of amides is 1. The highest BCUT2D eigenvalue weighted by Gasteiger charge is 2.08. The van der Waals surface area contributed by atoms with Crippen LogP contribution < -0.4 is 14.9 Å². The Morgan fingerprint density at radius 2 is 2.04 bits per heavy atom. The lowest BCUT2D eigenvalue weighted by Crippen LogP contribution is -2.24. The molecule has 1 N–H and O–H groups in total. The molecule has 3 aromatic rings. The standard InChI is InChI=1S/C19H20N6O3/c1-3-28-17-11-14(9-10-16(17)27-2)12-20-21-18(26)13-25-23-19(22-24-25)15-7-5-4-6-8-15/h4-12H,3,13H2,1-2H3,(H,21,26)/b20-12-. The summed E-state index contributed by atoms with van der Waals surface area (Å²) in [6, 6.07) is 14.8. The van der Waals surface area contributed by atoms with Gasteiger partial charge in [-0.05, 0) is 35.9 Å². The van der Waals surface area contributed by atoms with Crippen LogP contribution in [-0.4, -0.2) is 46.0 Å². The molecule has 0 bridgehead atoms. The number of carbonyl (C=O) groups excluding carboxylic acids is 1. The molecule has 0 fully saturated rings. The van der Waals surface area contributed by atoms with Crippen LogP contribution in [0.25, 0.3) is 11.4 Å². The predicted octanol–water partition coefficient (Wildman–Crippen LogP) is 1.90. The van der Waals surface area contributed by atoms with Crippen LogP contribution >= 0.6 is 0 Å². The fourth-order valence-corrected chi connectivity index (χ4v) is 2.40. The van der Waals surface area contributed by atoms with Crippen molar-refractivity contribution in [3.05, 3.63) is 54.1 Å². The molecule has 0 saturated carbocycles. The summed E-state index contributed by atoms with van der Waals surface area (Å²) in [4.78, 5) is 13.2. The van der Waals surface area contributed by atoms with Crippen LogP contribution in [0.2, 0.25) is 0 Å². The molecule has 0 unspecified atom stereocenters. The maximum Gasteiger partial charge on any atom is 0.263 e. The molecular formula is C19H20N6O3. The average Bonchev–Trinajstić information content (AvgIpc) is 3.17. The van der Waals surface area contributed by atoms with Gasteiger partial charge < -0.3 is 9.47 Å². The molecule has 28 heavy (non-hydrogen) atoms. The number of hydrogen-bond acceptors (Lipinski definition) is 7. The minimum absolute atomic E-state index is 0.0933. The van der Waals surface area contributed by atoms with Gasteiger partial charge in [-0.25, -0.2) is 5.43 Å². The van der Waals surface area contributed by atoms with Crippen LogP contribution in [0, 0.1) is 0 Å². The molecule has 3 rings (SSSR count). The van der Waals surface area contributed by atoms with Gasteiger partial charge in [-0.2, -0.15) is 9.90 Å². The summed E-state index contributed by atoms with van der Waals surface area (Å²) in [5.41, 5.74) is 4.03. The molecule has 9 nitrogen and oxygen atoms in total. The summed E-state index contributed by atoms with van der Waals surface area (Å²) < 4.78 is 10.7. The second-order valence-corrected chi connectivity index (χ2v) is 5.65. The van der Waals surface area contributed by atoms with Gasteiger partial charge in [-0.1, -0.05) is 30.3 Å². The number of ether oxygens (including phenoxy) is 2. The second-order valence-electron chi connectivity index (χ2n) is 5.65. The highest BCUT2D eigenvalue weighted by atomic mass is 16.5.